The number of fused-ring (bicyclic) bond motifs is 3. The molecule has 0 bridgehead atoms. The van der Waals surface area contributed by atoms with Gasteiger partial charge in [-0.05, 0) is 5.56 Å². The summed E-state index contributed by atoms with van der Waals surface area (Å²) in [7, 11) is 0. The van der Waals surface area contributed by atoms with E-state index in [2.05, 4.69) is 34.2 Å². The fraction of sp³-hybridized carbons (Fsp3) is 0.0556. The van der Waals surface area contributed by atoms with Crippen molar-refractivity contribution in [2.45, 2.75) is 6.54 Å². The van der Waals surface area contributed by atoms with Crippen molar-refractivity contribution in [1.29, 1.82) is 0 Å². The molecule has 0 saturated carbocycles. The topological polar surface area (TPSA) is 38.1 Å². The number of benzene rings is 2. The Morgan fingerprint density at radius 1 is 0.762 bits per heavy atom. The first-order chi connectivity index (χ1) is 10.4. The Kier molecular flexibility index (Phi) is 2.82. The van der Waals surface area contributed by atoms with E-state index in [4.69, 9.17) is 4.99 Å². The molecule has 100 valence electrons. The van der Waals surface area contributed by atoms with E-state index in [1.165, 1.54) is 0 Å². The third-order valence-corrected chi connectivity index (χ3v) is 3.70. The average Bonchev–Trinajstić information content (AvgIpc) is 2.73. The Bertz CT molecular complexity index is 823. The molecule has 3 aromatic rings. The van der Waals surface area contributed by atoms with Crippen LogP contribution in [-0.2, 0) is 6.54 Å². The van der Waals surface area contributed by atoms with Crippen LogP contribution < -0.4 is 0 Å². The number of rotatable bonds is 1. The second-order valence-corrected chi connectivity index (χ2v) is 4.96. The van der Waals surface area contributed by atoms with Crippen molar-refractivity contribution < 1.29 is 0 Å². The first-order valence-corrected chi connectivity index (χ1v) is 6.92. The smallest absolute Gasteiger partial charge is 0.115 e. The second kappa shape index (κ2) is 4.94. The van der Waals surface area contributed by atoms with Gasteiger partial charge in [0.2, 0.25) is 0 Å². The van der Waals surface area contributed by atoms with Gasteiger partial charge in [0.1, 0.15) is 6.33 Å². The Hall–Kier alpha value is -2.81. The van der Waals surface area contributed by atoms with Crippen LogP contribution in [0.1, 0.15) is 16.8 Å². The molecule has 1 aliphatic rings. The van der Waals surface area contributed by atoms with Crippen LogP contribution in [0.2, 0.25) is 0 Å². The summed E-state index contributed by atoms with van der Waals surface area (Å²) in [4.78, 5) is 13.4. The van der Waals surface area contributed by atoms with Crippen LogP contribution >= 0.6 is 0 Å². The monoisotopic (exact) mass is 271 g/mol. The Morgan fingerprint density at radius 3 is 2.38 bits per heavy atom. The van der Waals surface area contributed by atoms with Gasteiger partial charge in [-0.1, -0.05) is 54.6 Å². The Labute approximate surface area is 123 Å². The third kappa shape index (κ3) is 2.03. The van der Waals surface area contributed by atoms with Crippen LogP contribution in [0, 0.1) is 0 Å². The van der Waals surface area contributed by atoms with Crippen molar-refractivity contribution >= 4 is 5.71 Å². The fourth-order valence-corrected chi connectivity index (χ4v) is 2.71. The zero-order chi connectivity index (χ0) is 14.1. The number of hydrogen-bond donors (Lipinski definition) is 0. The lowest BCUT2D eigenvalue weighted by Crippen LogP contribution is -2.04. The largest absolute Gasteiger partial charge is 0.278 e. The maximum absolute atomic E-state index is 4.80. The number of hydrogen-bond acceptors (Lipinski definition) is 3. The molecule has 2 heterocycles. The molecule has 1 aromatic heterocycles. The second-order valence-electron chi connectivity index (χ2n) is 4.96. The minimum atomic E-state index is 0.580. The third-order valence-electron chi connectivity index (χ3n) is 3.70. The molecule has 0 fully saturated rings. The Balaban J connectivity index is 1.99. The maximum atomic E-state index is 4.80. The average molecular weight is 271 g/mol. The zero-order valence-electron chi connectivity index (χ0n) is 11.4. The highest BCUT2D eigenvalue weighted by atomic mass is 14.9. The molecule has 0 spiro atoms. The van der Waals surface area contributed by atoms with E-state index in [0.717, 1.165) is 33.7 Å². The predicted octanol–water partition coefficient (Wildman–Crippen LogP) is 3.49. The van der Waals surface area contributed by atoms with Gasteiger partial charge >= 0.3 is 0 Å². The van der Waals surface area contributed by atoms with Gasteiger partial charge in [0, 0.05) is 22.9 Å². The maximum Gasteiger partial charge on any atom is 0.115 e. The molecule has 0 unspecified atom stereocenters. The molecule has 2 aromatic carbocycles. The van der Waals surface area contributed by atoms with Crippen molar-refractivity contribution in [3.05, 3.63) is 83.9 Å². The van der Waals surface area contributed by atoms with Crippen LogP contribution in [0.5, 0.6) is 0 Å². The lowest BCUT2D eigenvalue weighted by molar-refractivity contribution is 0.973. The minimum Gasteiger partial charge on any atom is -0.278 e. The van der Waals surface area contributed by atoms with E-state index < -0.39 is 0 Å². The summed E-state index contributed by atoms with van der Waals surface area (Å²) < 4.78 is 0. The van der Waals surface area contributed by atoms with Crippen LogP contribution in [-0.4, -0.2) is 15.7 Å². The van der Waals surface area contributed by atoms with Crippen molar-refractivity contribution in [2.75, 3.05) is 0 Å². The summed E-state index contributed by atoms with van der Waals surface area (Å²) in [5.74, 6) is 0. The van der Waals surface area contributed by atoms with Crippen LogP contribution in [0.15, 0.2) is 72.1 Å². The quantitative estimate of drug-likeness (QED) is 0.679. The Morgan fingerprint density at radius 2 is 1.52 bits per heavy atom. The molecule has 0 N–H and O–H groups in total. The van der Waals surface area contributed by atoms with E-state index >= 15 is 0 Å². The summed E-state index contributed by atoms with van der Waals surface area (Å²) in [6, 6.07) is 18.6. The SMILES string of the molecule is c1ccc(C2=NCc3ncncc3-c3ccccc32)cc1. The number of nitrogens with zero attached hydrogens (tertiary/aromatic N) is 3. The van der Waals surface area contributed by atoms with Gasteiger partial charge in [-0.25, -0.2) is 9.97 Å². The summed E-state index contributed by atoms with van der Waals surface area (Å²) in [5, 5.41) is 0. The summed E-state index contributed by atoms with van der Waals surface area (Å²) in [6.07, 6.45) is 3.47. The molecule has 3 heteroatoms. The summed E-state index contributed by atoms with van der Waals surface area (Å²) in [5.41, 5.74) is 6.48. The highest BCUT2D eigenvalue weighted by Crippen LogP contribution is 2.30. The highest BCUT2D eigenvalue weighted by molar-refractivity contribution is 6.16. The molecule has 0 atom stereocenters. The van der Waals surface area contributed by atoms with E-state index in [1.807, 2.05) is 36.5 Å². The van der Waals surface area contributed by atoms with E-state index in [9.17, 15) is 0 Å². The zero-order valence-corrected chi connectivity index (χ0v) is 11.4. The molecular formula is C18H13N3. The van der Waals surface area contributed by atoms with Gasteiger partial charge < -0.3 is 0 Å². The summed E-state index contributed by atoms with van der Waals surface area (Å²) in [6.45, 7) is 0.580. The van der Waals surface area contributed by atoms with E-state index in [0.29, 0.717) is 6.54 Å². The fourth-order valence-electron chi connectivity index (χ4n) is 2.71. The lowest BCUT2D eigenvalue weighted by atomic mass is 9.94. The van der Waals surface area contributed by atoms with Crippen LogP contribution in [0.25, 0.3) is 11.1 Å². The number of aromatic nitrogens is 2. The van der Waals surface area contributed by atoms with Crippen LogP contribution in [0.3, 0.4) is 0 Å². The van der Waals surface area contributed by atoms with Crippen molar-refractivity contribution in [3.63, 3.8) is 0 Å². The first kappa shape index (κ1) is 12.0. The minimum absolute atomic E-state index is 0.580. The van der Waals surface area contributed by atoms with Gasteiger partial charge in [-0.15, -0.1) is 0 Å². The normalized spacial score (nSPS) is 12.9. The van der Waals surface area contributed by atoms with Crippen molar-refractivity contribution in [1.82, 2.24) is 9.97 Å². The molecule has 4 rings (SSSR count). The molecule has 0 radical (unpaired) electrons. The standard InChI is InChI=1S/C18H13N3/c1-2-6-13(7-3-1)18-15-9-5-4-8-14(15)16-10-19-12-21-17(16)11-20-18/h1-10,12H,11H2. The molecule has 21 heavy (non-hydrogen) atoms. The van der Waals surface area contributed by atoms with Crippen molar-refractivity contribution in [2.24, 2.45) is 4.99 Å². The van der Waals surface area contributed by atoms with Gasteiger partial charge in [-0.3, -0.25) is 4.99 Å². The number of aliphatic imine (C=N–C) groups is 1. The van der Waals surface area contributed by atoms with Gasteiger partial charge in [0.05, 0.1) is 18.0 Å². The predicted molar refractivity (Wildman–Crippen MR) is 83.3 cm³/mol. The van der Waals surface area contributed by atoms with Crippen LogP contribution in [0.4, 0.5) is 0 Å². The van der Waals surface area contributed by atoms with Gasteiger partial charge in [-0.2, -0.15) is 0 Å². The van der Waals surface area contributed by atoms with E-state index in [1.54, 1.807) is 6.33 Å². The molecule has 3 nitrogen and oxygen atoms in total. The molecular weight excluding hydrogens is 258 g/mol. The lowest BCUT2D eigenvalue weighted by Gasteiger charge is -2.10. The molecule has 1 aliphatic heterocycles. The highest BCUT2D eigenvalue weighted by Gasteiger charge is 2.18. The van der Waals surface area contributed by atoms with Gasteiger partial charge in [0.15, 0.2) is 0 Å². The van der Waals surface area contributed by atoms with Crippen molar-refractivity contribution in [3.8, 4) is 11.1 Å². The molecule has 0 amide bonds. The first-order valence-electron chi connectivity index (χ1n) is 6.92. The molecule has 0 saturated heterocycles. The molecule has 0 aliphatic carbocycles. The summed E-state index contributed by atoms with van der Waals surface area (Å²) >= 11 is 0. The van der Waals surface area contributed by atoms with E-state index in [-0.39, 0.29) is 0 Å². The van der Waals surface area contributed by atoms with Gasteiger partial charge in [0.25, 0.3) is 0 Å².